The lowest BCUT2D eigenvalue weighted by atomic mass is 10.2. The van der Waals surface area contributed by atoms with Crippen LogP contribution in [0.5, 0.6) is 0 Å². The quantitative estimate of drug-likeness (QED) is 0.879. The van der Waals surface area contributed by atoms with E-state index in [9.17, 15) is 13.2 Å². The second kappa shape index (κ2) is 5.26. The number of aromatic nitrogens is 1. The van der Waals surface area contributed by atoms with E-state index in [0.29, 0.717) is 17.0 Å². The van der Waals surface area contributed by atoms with Crippen molar-refractivity contribution >= 4 is 31.3 Å². The number of anilines is 1. The van der Waals surface area contributed by atoms with Gasteiger partial charge < -0.3 is 9.84 Å². The number of rotatable bonds is 3. The summed E-state index contributed by atoms with van der Waals surface area (Å²) in [5.41, 5.74) is 1.03. The molecule has 1 amide bonds. The Labute approximate surface area is 120 Å². The van der Waals surface area contributed by atoms with E-state index >= 15 is 0 Å². The van der Waals surface area contributed by atoms with Crippen LogP contribution in [0, 0.1) is 13.8 Å². The normalized spacial score (nSPS) is 11.3. The van der Waals surface area contributed by atoms with Gasteiger partial charge in [0, 0.05) is 22.4 Å². The highest BCUT2D eigenvalue weighted by Gasteiger charge is 2.15. The Morgan fingerprint density at radius 1 is 1.30 bits per heavy atom. The van der Waals surface area contributed by atoms with Gasteiger partial charge in [0.05, 0.1) is 4.90 Å². The lowest BCUT2D eigenvalue weighted by Gasteiger charge is -2.06. The Bertz CT molecular complexity index is 768. The van der Waals surface area contributed by atoms with Gasteiger partial charge >= 0.3 is 0 Å². The Hall–Kier alpha value is -1.86. The van der Waals surface area contributed by atoms with Crippen molar-refractivity contribution in [3.05, 3.63) is 41.3 Å². The number of nitrogens with one attached hydrogen (secondary N) is 1. The van der Waals surface area contributed by atoms with Crippen molar-refractivity contribution in [2.75, 3.05) is 5.32 Å². The molecule has 0 spiro atoms. The molecule has 2 aromatic rings. The first kappa shape index (κ1) is 14.5. The Morgan fingerprint density at radius 3 is 2.50 bits per heavy atom. The fourth-order valence-electron chi connectivity index (χ4n) is 1.67. The summed E-state index contributed by atoms with van der Waals surface area (Å²) in [5.74, 6) is 0.0812. The maximum atomic E-state index is 11.8. The smallest absolute Gasteiger partial charge is 0.277 e. The maximum absolute atomic E-state index is 11.8. The summed E-state index contributed by atoms with van der Waals surface area (Å²) in [6.07, 6.45) is 0. The molecule has 0 fully saturated rings. The molecule has 6 nitrogen and oxygen atoms in total. The Kier molecular flexibility index (Phi) is 3.82. The molecule has 106 valence electrons. The van der Waals surface area contributed by atoms with Gasteiger partial charge in [-0.25, -0.2) is 8.42 Å². The molecular formula is C12H11ClN2O4S. The fraction of sp³-hybridized carbons (Fsp3) is 0.167. The van der Waals surface area contributed by atoms with E-state index in [4.69, 9.17) is 15.2 Å². The highest BCUT2D eigenvalue weighted by Crippen LogP contribution is 2.23. The minimum Gasteiger partial charge on any atom is -0.361 e. The molecule has 20 heavy (non-hydrogen) atoms. The van der Waals surface area contributed by atoms with E-state index in [0.717, 1.165) is 0 Å². The first-order valence-corrected chi connectivity index (χ1v) is 7.88. The van der Waals surface area contributed by atoms with Gasteiger partial charge in [0.25, 0.3) is 15.0 Å². The summed E-state index contributed by atoms with van der Waals surface area (Å²) in [6, 6.07) is 5.80. The predicted octanol–water partition coefficient (Wildman–Crippen LogP) is 2.47. The minimum absolute atomic E-state index is 0.00875. The van der Waals surface area contributed by atoms with Gasteiger partial charge in [-0.1, -0.05) is 5.16 Å². The van der Waals surface area contributed by atoms with Crippen LogP contribution in [-0.2, 0) is 9.05 Å². The summed E-state index contributed by atoms with van der Waals surface area (Å²) < 4.78 is 27.3. The molecule has 0 atom stereocenters. The van der Waals surface area contributed by atoms with Crippen molar-refractivity contribution in [1.82, 2.24) is 5.16 Å². The number of aryl methyl sites for hydroxylation is 2. The topological polar surface area (TPSA) is 89.3 Å². The van der Waals surface area contributed by atoms with E-state index in [-0.39, 0.29) is 10.6 Å². The molecule has 0 aliphatic carbocycles. The van der Waals surface area contributed by atoms with Crippen LogP contribution in [0.25, 0.3) is 0 Å². The number of carbonyl (C=O) groups excluding carboxylic acids is 1. The van der Waals surface area contributed by atoms with Crippen molar-refractivity contribution in [2.45, 2.75) is 18.7 Å². The molecule has 0 saturated carbocycles. The second-order valence-electron chi connectivity index (χ2n) is 4.20. The highest BCUT2D eigenvalue weighted by atomic mass is 35.7. The standard InChI is InChI=1S/C12H11ClN2O4S/c1-7-5-9(3-4-11(7)20(13,17)18)14-12(16)10-6-8(2)19-15-10/h3-6H,1-2H3,(H,14,16). The number of halogens is 1. The molecule has 1 N–H and O–H groups in total. The van der Waals surface area contributed by atoms with E-state index in [2.05, 4.69) is 10.5 Å². The van der Waals surface area contributed by atoms with E-state index in [1.54, 1.807) is 13.8 Å². The molecule has 0 radical (unpaired) electrons. The van der Waals surface area contributed by atoms with Crippen molar-refractivity contribution in [2.24, 2.45) is 0 Å². The number of nitrogens with zero attached hydrogens (tertiary/aromatic N) is 1. The summed E-state index contributed by atoms with van der Waals surface area (Å²) in [5, 5.41) is 6.18. The number of hydrogen-bond acceptors (Lipinski definition) is 5. The number of benzene rings is 1. The molecule has 2 rings (SSSR count). The van der Waals surface area contributed by atoms with Crippen molar-refractivity contribution in [1.29, 1.82) is 0 Å². The largest absolute Gasteiger partial charge is 0.361 e. The third-order valence-corrected chi connectivity index (χ3v) is 4.04. The lowest BCUT2D eigenvalue weighted by molar-refractivity contribution is 0.101. The lowest BCUT2D eigenvalue weighted by Crippen LogP contribution is -2.12. The first-order valence-electron chi connectivity index (χ1n) is 5.57. The fourth-order valence-corrected chi connectivity index (χ4v) is 2.86. The summed E-state index contributed by atoms with van der Waals surface area (Å²) >= 11 is 0. The average molecular weight is 315 g/mol. The predicted molar refractivity (Wildman–Crippen MR) is 73.4 cm³/mol. The van der Waals surface area contributed by atoms with Crippen LogP contribution in [-0.4, -0.2) is 19.5 Å². The summed E-state index contributed by atoms with van der Waals surface area (Å²) in [4.78, 5) is 11.9. The van der Waals surface area contributed by atoms with Crippen LogP contribution in [0.3, 0.4) is 0 Å². The molecule has 1 heterocycles. The van der Waals surface area contributed by atoms with Crippen molar-refractivity contribution in [3.63, 3.8) is 0 Å². The molecule has 1 aromatic heterocycles. The Balaban J connectivity index is 2.23. The molecule has 0 saturated heterocycles. The molecule has 1 aromatic carbocycles. The summed E-state index contributed by atoms with van der Waals surface area (Å²) in [6.45, 7) is 3.26. The van der Waals surface area contributed by atoms with E-state index in [1.165, 1.54) is 24.3 Å². The minimum atomic E-state index is -3.80. The molecule has 0 bridgehead atoms. The first-order chi connectivity index (χ1) is 9.27. The van der Waals surface area contributed by atoms with Gasteiger partial charge in [-0.3, -0.25) is 4.79 Å². The van der Waals surface area contributed by atoms with Crippen molar-refractivity contribution < 1.29 is 17.7 Å². The molecule has 0 aliphatic heterocycles. The SMILES string of the molecule is Cc1cc(C(=O)Nc2ccc(S(=O)(=O)Cl)c(C)c2)no1. The maximum Gasteiger partial charge on any atom is 0.277 e. The van der Waals surface area contributed by atoms with Crippen LogP contribution in [0.2, 0.25) is 0 Å². The molecule has 0 unspecified atom stereocenters. The summed E-state index contributed by atoms with van der Waals surface area (Å²) in [7, 11) is 1.49. The Morgan fingerprint density at radius 2 is 2.00 bits per heavy atom. The van der Waals surface area contributed by atoms with E-state index in [1.807, 2.05) is 0 Å². The van der Waals surface area contributed by atoms with Crippen LogP contribution in [0.1, 0.15) is 21.8 Å². The third-order valence-electron chi connectivity index (χ3n) is 2.56. The third kappa shape index (κ3) is 3.17. The number of hydrogen-bond donors (Lipinski definition) is 1. The number of carbonyl (C=O) groups is 1. The zero-order valence-corrected chi connectivity index (χ0v) is 12.2. The zero-order chi connectivity index (χ0) is 14.9. The van der Waals surface area contributed by atoms with Gasteiger partial charge in [0.15, 0.2) is 5.69 Å². The van der Waals surface area contributed by atoms with Crippen LogP contribution in [0.15, 0.2) is 33.7 Å². The molecule has 8 heteroatoms. The van der Waals surface area contributed by atoms with Gasteiger partial charge in [0.2, 0.25) is 0 Å². The van der Waals surface area contributed by atoms with Gasteiger partial charge in [-0.2, -0.15) is 0 Å². The van der Waals surface area contributed by atoms with E-state index < -0.39 is 15.0 Å². The van der Waals surface area contributed by atoms with Crippen LogP contribution >= 0.6 is 10.7 Å². The van der Waals surface area contributed by atoms with Gasteiger partial charge in [-0.15, -0.1) is 0 Å². The molecular weight excluding hydrogens is 304 g/mol. The van der Waals surface area contributed by atoms with Gasteiger partial charge in [-0.05, 0) is 37.6 Å². The highest BCUT2D eigenvalue weighted by molar-refractivity contribution is 8.13. The van der Waals surface area contributed by atoms with Crippen LogP contribution < -0.4 is 5.32 Å². The number of amides is 1. The monoisotopic (exact) mass is 314 g/mol. The average Bonchev–Trinajstić information content (AvgIpc) is 2.74. The second-order valence-corrected chi connectivity index (χ2v) is 6.73. The van der Waals surface area contributed by atoms with Gasteiger partial charge in [0.1, 0.15) is 5.76 Å². The van der Waals surface area contributed by atoms with Crippen LogP contribution in [0.4, 0.5) is 5.69 Å². The zero-order valence-electron chi connectivity index (χ0n) is 10.7. The van der Waals surface area contributed by atoms with Crippen molar-refractivity contribution in [3.8, 4) is 0 Å². The molecule has 0 aliphatic rings.